The number of hydrogen-bond donors (Lipinski definition) is 2. The van der Waals surface area contributed by atoms with E-state index < -0.39 is 23.4 Å². The zero-order chi connectivity index (χ0) is 19.8. The summed E-state index contributed by atoms with van der Waals surface area (Å²) in [4.78, 5) is 49.2. The van der Waals surface area contributed by atoms with Gasteiger partial charge in [-0.05, 0) is 25.8 Å². The molecule has 2 N–H and O–H groups in total. The minimum Gasteiger partial charge on any atom is -0.479 e. The molecule has 2 aliphatic rings. The third-order valence-corrected chi connectivity index (χ3v) is 4.82. The molecule has 2 atom stereocenters. The van der Waals surface area contributed by atoms with Crippen LogP contribution >= 0.6 is 0 Å². The molecule has 0 aliphatic heterocycles. The van der Waals surface area contributed by atoms with Gasteiger partial charge in [0.15, 0.2) is 5.54 Å². The highest BCUT2D eigenvalue weighted by Gasteiger charge is 2.46. The Bertz CT molecular complexity index is 703. The van der Waals surface area contributed by atoms with Crippen LogP contribution in [0.5, 0.6) is 0 Å². The molecule has 0 bridgehead atoms. The highest BCUT2D eigenvalue weighted by molar-refractivity contribution is 5.93. The summed E-state index contributed by atoms with van der Waals surface area (Å²) < 4.78 is 0. The van der Waals surface area contributed by atoms with Gasteiger partial charge < -0.3 is 10.2 Å². The Labute approximate surface area is 151 Å². The number of aliphatic imine (C=N–C) groups is 2. The highest BCUT2D eigenvalue weighted by atomic mass is 16.4. The first-order valence-corrected chi connectivity index (χ1v) is 8.26. The van der Waals surface area contributed by atoms with Crippen molar-refractivity contribution in [3.8, 4) is 0 Å². The summed E-state index contributed by atoms with van der Waals surface area (Å²) in [6.45, 7) is 3.43. The van der Waals surface area contributed by atoms with Crippen molar-refractivity contribution in [3.63, 3.8) is 0 Å². The fourth-order valence-corrected chi connectivity index (χ4v) is 3.13. The molecule has 1 saturated carbocycles. The van der Waals surface area contributed by atoms with Crippen LogP contribution in [0, 0.1) is 5.92 Å². The van der Waals surface area contributed by atoms with Crippen molar-refractivity contribution in [2.75, 3.05) is 0 Å². The molecule has 8 nitrogen and oxygen atoms in total. The predicted molar refractivity (Wildman–Crippen MR) is 92.1 cm³/mol. The lowest BCUT2D eigenvalue weighted by Crippen LogP contribution is -2.44. The summed E-state index contributed by atoms with van der Waals surface area (Å²) in [6.07, 6.45) is 12.4. The third-order valence-electron chi connectivity index (χ3n) is 4.82. The third kappa shape index (κ3) is 4.85. The van der Waals surface area contributed by atoms with Crippen LogP contribution in [0.1, 0.15) is 46.0 Å². The molecule has 2 unspecified atom stereocenters. The number of carbonyl (C=O) groups is 2. The van der Waals surface area contributed by atoms with Gasteiger partial charge in [-0.2, -0.15) is 9.98 Å². The Kier molecular flexibility index (Phi) is 7.38. The second-order valence-corrected chi connectivity index (χ2v) is 6.60. The molecule has 0 spiro atoms. The standard InChI is InChI=1S/C10H9NO5.C8H13NO/c1-6-7(8(13)14)3-2-4-10(6,9(15)16)11-5-12;1-8(9-7-10)5-3-2-4-6-8/h2-4,6H,1H3,(H,13,14)(H,15,16);2-6H2,1H3. The molecule has 0 heterocycles. The molecular weight excluding hydrogens is 340 g/mol. The first-order valence-electron chi connectivity index (χ1n) is 8.26. The SMILES string of the molecule is CC1(N=C=O)CCCCC1.CC1C(C(=O)O)=CC=CC1(N=C=O)C(=O)O. The van der Waals surface area contributed by atoms with Gasteiger partial charge in [0.2, 0.25) is 12.2 Å². The van der Waals surface area contributed by atoms with Crippen molar-refractivity contribution >= 4 is 24.1 Å². The van der Waals surface area contributed by atoms with Crippen molar-refractivity contribution in [2.45, 2.75) is 57.0 Å². The molecule has 0 saturated heterocycles. The molecule has 1 fully saturated rings. The van der Waals surface area contributed by atoms with Gasteiger partial charge in [-0.3, -0.25) is 0 Å². The molecule has 8 heteroatoms. The van der Waals surface area contributed by atoms with Crippen molar-refractivity contribution in [1.82, 2.24) is 0 Å². The van der Waals surface area contributed by atoms with E-state index in [1.165, 1.54) is 50.5 Å². The average Bonchev–Trinajstić information content (AvgIpc) is 2.57. The van der Waals surface area contributed by atoms with Crippen molar-refractivity contribution in [2.24, 2.45) is 15.9 Å². The first-order chi connectivity index (χ1) is 12.2. The van der Waals surface area contributed by atoms with E-state index in [0.29, 0.717) is 0 Å². The topological polar surface area (TPSA) is 133 Å². The number of isocyanates is 2. The van der Waals surface area contributed by atoms with Gasteiger partial charge in [0, 0.05) is 11.5 Å². The first kappa shape index (κ1) is 21.2. The molecule has 140 valence electrons. The van der Waals surface area contributed by atoms with Crippen LogP contribution in [0.15, 0.2) is 33.8 Å². The predicted octanol–water partition coefficient (Wildman–Crippen LogP) is 2.41. The molecule has 26 heavy (non-hydrogen) atoms. The monoisotopic (exact) mass is 362 g/mol. The zero-order valence-electron chi connectivity index (χ0n) is 14.8. The van der Waals surface area contributed by atoms with Gasteiger partial charge in [0.25, 0.3) is 0 Å². The highest BCUT2D eigenvalue weighted by Crippen LogP contribution is 2.33. The molecule has 2 aliphatic carbocycles. The molecule has 0 radical (unpaired) electrons. The zero-order valence-corrected chi connectivity index (χ0v) is 14.8. The van der Waals surface area contributed by atoms with E-state index in [1.54, 1.807) is 6.08 Å². The van der Waals surface area contributed by atoms with Crippen LogP contribution in [0.3, 0.4) is 0 Å². The fourth-order valence-electron chi connectivity index (χ4n) is 3.13. The van der Waals surface area contributed by atoms with Crippen LogP contribution in [0.4, 0.5) is 0 Å². The number of hydrogen-bond acceptors (Lipinski definition) is 6. The summed E-state index contributed by atoms with van der Waals surface area (Å²) in [5, 5.41) is 17.9. The number of carboxylic acids is 2. The van der Waals surface area contributed by atoms with E-state index in [9.17, 15) is 19.2 Å². The van der Waals surface area contributed by atoms with Crippen LogP contribution in [-0.4, -0.2) is 45.4 Å². The number of nitrogens with zero attached hydrogens (tertiary/aromatic N) is 2. The van der Waals surface area contributed by atoms with E-state index in [0.717, 1.165) is 12.8 Å². The van der Waals surface area contributed by atoms with Gasteiger partial charge >= 0.3 is 11.9 Å². The summed E-state index contributed by atoms with van der Waals surface area (Å²) >= 11 is 0. The van der Waals surface area contributed by atoms with E-state index in [1.807, 2.05) is 6.92 Å². The minimum absolute atomic E-state index is 0.0694. The Morgan fingerprint density at radius 2 is 1.69 bits per heavy atom. The molecular formula is C18H22N2O6. The van der Waals surface area contributed by atoms with E-state index in [4.69, 9.17) is 10.2 Å². The minimum atomic E-state index is -1.87. The summed E-state index contributed by atoms with van der Waals surface area (Å²) in [5.41, 5.74) is -2.05. The summed E-state index contributed by atoms with van der Waals surface area (Å²) in [6, 6.07) is 0. The smallest absolute Gasteiger partial charge is 0.337 e. The van der Waals surface area contributed by atoms with E-state index in [2.05, 4.69) is 9.98 Å². The van der Waals surface area contributed by atoms with Crippen LogP contribution in [0.2, 0.25) is 0 Å². The number of allylic oxidation sites excluding steroid dienone is 2. The van der Waals surface area contributed by atoms with Crippen LogP contribution in [-0.2, 0) is 19.2 Å². The van der Waals surface area contributed by atoms with Gasteiger partial charge in [-0.25, -0.2) is 19.2 Å². The van der Waals surface area contributed by atoms with Crippen molar-refractivity contribution < 1.29 is 29.4 Å². The van der Waals surface area contributed by atoms with E-state index >= 15 is 0 Å². The number of aliphatic carboxylic acids is 2. The van der Waals surface area contributed by atoms with Gasteiger partial charge in [-0.1, -0.05) is 38.3 Å². The van der Waals surface area contributed by atoms with Crippen LogP contribution < -0.4 is 0 Å². The molecule has 0 aromatic heterocycles. The lowest BCUT2D eigenvalue weighted by Gasteiger charge is -2.29. The Morgan fingerprint density at radius 3 is 2.15 bits per heavy atom. The number of rotatable bonds is 4. The molecule has 0 aromatic rings. The van der Waals surface area contributed by atoms with E-state index in [-0.39, 0.29) is 11.1 Å². The van der Waals surface area contributed by atoms with Crippen molar-refractivity contribution in [1.29, 1.82) is 0 Å². The lowest BCUT2D eigenvalue weighted by atomic mass is 9.77. The Hall–Kier alpha value is -2.82. The van der Waals surface area contributed by atoms with Gasteiger partial charge in [0.1, 0.15) is 0 Å². The normalized spacial score (nSPS) is 26.1. The number of carboxylic acid groups (broad SMARTS) is 2. The summed E-state index contributed by atoms with van der Waals surface area (Å²) in [7, 11) is 0. The quantitative estimate of drug-likeness (QED) is 0.582. The van der Waals surface area contributed by atoms with Crippen LogP contribution in [0.25, 0.3) is 0 Å². The summed E-state index contributed by atoms with van der Waals surface area (Å²) in [5.74, 6) is -3.55. The Morgan fingerprint density at radius 1 is 1.12 bits per heavy atom. The number of carbonyl (C=O) groups excluding carboxylic acids is 2. The maximum Gasteiger partial charge on any atom is 0.337 e. The maximum atomic E-state index is 11.1. The maximum absolute atomic E-state index is 11.1. The van der Waals surface area contributed by atoms with Gasteiger partial charge in [-0.15, -0.1) is 0 Å². The second-order valence-electron chi connectivity index (χ2n) is 6.60. The molecule has 2 rings (SSSR count). The van der Waals surface area contributed by atoms with Gasteiger partial charge in [0.05, 0.1) is 5.54 Å². The van der Waals surface area contributed by atoms with Crippen molar-refractivity contribution in [3.05, 3.63) is 23.8 Å². The fraction of sp³-hybridized carbons (Fsp3) is 0.556. The molecule has 0 amide bonds. The Balaban J connectivity index is 0.000000289. The lowest BCUT2D eigenvalue weighted by molar-refractivity contribution is -0.143. The largest absolute Gasteiger partial charge is 0.479 e. The average molecular weight is 362 g/mol. The molecule has 0 aromatic carbocycles. The second kappa shape index (κ2) is 9.04.